The van der Waals surface area contributed by atoms with Crippen LogP contribution in [0.15, 0.2) is 0 Å². The lowest BCUT2D eigenvalue weighted by atomic mass is 9.92. The van der Waals surface area contributed by atoms with Gasteiger partial charge in [-0.1, -0.05) is 20.8 Å². The highest BCUT2D eigenvalue weighted by atomic mass is 16.6. The van der Waals surface area contributed by atoms with Crippen LogP contribution in [0.25, 0.3) is 0 Å². The molecule has 0 aromatic rings. The van der Waals surface area contributed by atoms with Crippen LogP contribution in [0.4, 0.5) is 4.79 Å². The third-order valence-electron chi connectivity index (χ3n) is 3.75. The molecule has 154 valence electrons. The van der Waals surface area contributed by atoms with Crippen LogP contribution in [-0.4, -0.2) is 41.9 Å². The number of alkyl carbamates (subject to hydrolysis) is 1. The first-order valence-electron chi connectivity index (χ1n) is 9.37. The molecule has 0 saturated heterocycles. The molecule has 0 aliphatic heterocycles. The zero-order valence-corrected chi connectivity index (χ0v) is 18.5. The van der Waals surface area contributed by atoms with Crippen molar-refractivity contribution in [2.45, 2.75) is 98.8 Å². The van der Waals surface area contributed by atoms with Gasteiger partial charge in [-0.2, -0.15) is 0 Å². The van der Waals surface area contributed by atoms with Gasteiger partial charge in [-0.25, -0.2) is 4.79 Å². The summed E-state index contributed by atoms with van der Waals surface area (Å²) in [6, 6.07) is 0. The van der Waals surface area contributed by atoms with Crippen LogP contribution in [0.2, 0.25) is 0 Å². The smallest absolute Gasteiger partial charge is 0.407 e. The first-order chi connectivity index (χ1) is 11.4. The van der Waals surface area contributed by atoms with Crippen LogP contribution >= 0.6 is 0 Å². The minimum absolute atomic E-state index is 0.0309. The van der Waals surface area contributed by atoms with Gasteiger partial charge in [0.1, 0.15) is 5.60 Å². The number of amides is 2. The number of rotatable bonds is 8. The molecule has 0 aliphatic rings. The maximum atomic E-state index is 12.1. The summed E-state index contributed by atoms with van der Waals surface area (Å²) in [6.07, 6.45) is 0.956. The Morgan fingerprint density at radius 3 is 1.85 bits per heavy atom. The monoisotopic (exact) mass is 372 g/mol. The van der Waals surface area contributed by atoms with Crippen molar-refractivity contribution in [3.8, 4) is 0 Å². The van der Waals surface area contributed by atoms with Crippen molar-refractivity contribution in [3.05, 3.63) is 0 Å². The summed E-state index contributed by atoms with van der Waals surface area (Å²) in [5.74, 6) is 0.0309. The molecule has 2 N–H and O–H groups in total. The summed E-state index contributed by atoms with van der Waals surface area (Å²) >= 11 is 0. The molecular formula is C20H40N2O4. The van der Waals surface area contributed by atoms with Crippen molar-refractivity contribution in [1.82, 2.24) is 10.6 Å². The molecule has 6 nitrogen and oxygen atoms in total. The second-order valence-electron chi connectivity index (χ2n) is 10.1. The molecule has 26 heavy (non-hydrogen) atoms. The van der Waals surface area contributed by atoms with E-state index >= 15 is 0 Å². The van der Waals surface area contributed by atoms with Gasteiger partial charge in [-0.15, -0.1) is 0 Å². The van der Waals surface area contributed by atoms with Gasteiger partial charge in [-0.3, -0.25) is 4.79 Å². The van der Waals surface area contributed by atoms with Crippen molar-refractivity contribution in [3.63, 3.8) is 0 Å². The van der Waals surface area contributed by atoms with Crippen LogP contribution in [0.1, 0.15) is 82.1 Å². The van der Waals surface area contributed by atoms with Gasteiger partial charge in [0.25, 0.3) is 0 Å². The summed E-state index contributed by atoms with van der Waals surface area (Å²) in [7, 11) is 0. The van der Waals surface area contributed by atoms with Crippen LogP contribution in [0, 0.1) is 5.41 Å². The Hall–Kier alpha value is -1.30. The topological polar surface area (TPSA) is 76.7 Å². The van der Waals surface area contributed by atoms with E-state index in [1.165, 1.54) is 0 Å². The van der Waals surface area contributed by atoms with E-state index in [2.05, 4.69) is 10.6 Å². The van der Waals surface area contributed by atoms with E-state index in [4.69, 9.17) is 9.47 Å². The van der Waals surface area contributed by atoms with Gasteiger partial charge in [0, 0.05) is 24.1 Å². The molecule has 0 fully saturated rings. The van der Waals surface area contributed by atoms with Gasteiger partial charge < -0.3 is 20.1 Å². The number of ether oxygens (including phenoxy) is 2. The van der Waals surface area contributed by atoms with Crippen molar-refractivity contribution >= 4 is 12.0 Å². The first-order valence-corrected chi connectivity index (χ1v) is 9.37. The highest BCUT2D eigenvalue weighted by molar-refractivity contribution is 5.81. The zero-order chi connectivity index (χ0) is 20.8. The van der Waals surface area contributed by atoms with E-state index in [1.807, 2.05) is 69.2 Å². The highest BCUT2D eigenvalue weighted by Gasteiger charge is 2.28. The molecule has 0 unspecified atom stereocenters. The fourth-order valence-electron chi connectivity index (χ4n) is 1.99. The molecule has 0 rings (SSSR count). The predicted octanol–water partition coefficient (Wildman–Crippen LogP) is 4.03. The average Bonchev–Trinajstić information content (AvgIpc) is 2.33. The summed E-state index contributed by atoms with van der Waals surface area (Å²) in [5, 5.41) is 5.82. The highest BCUT2D eigenvalue weighted by Crippen LogP contribution is 2.19. The van der Waals surface area contributed by atoms with Crippen LogP contribution in [0.3, 0.4) is 0 Å². The van der Waals surface area contributed by atoms with Crippen molar-refractivity contribution in [2.24, 2.45) is 5.41 Å². The molecule has 0 aromatic carbocycles. The first kappa shape index (κ1) is 24.7. The summed E-state index contributed by atoms with van der Waals surface area (Å²) in [6.45, 7) is 20.2. The second-order valence-corrected chi connectivity index (χ2v) is 10.1. The van der Waals surface area contributed by atoms with E-state index in [9.17, 15) is 9.59 Å². The lowest BCUT2D eigenvalue weighted by Gasteiger charge is -2.32. The van der Waals surface area contributed by atoms with Crippen LogP contribution in [-0.2, 0) is 14.3 Å². The van der Waals surface area contributed by atoms with Gasteiger partial charge in [0.2, 0.25) is 5.91 Å². The van der Waals surface area contributed by atoms with Gasteiger partial charge in [0.05, 0.1) is 5.60 Å². The molecule has 0 aromatic heterocycles. The van der Waals surface area contributed by atoms with E-state index in [0.29, 0.717) is 26.0 Å². The molecular weight excluding hydrogens is 332 g/mol. The van der Waals surface area contributed by atoms with E-state index < -0.39 is 17.1 Å². The molecule has 0 saturated carbocycles. The Balaban J connectivity index is 4.24. The number of carbonyl (C=O) groups is 2. The lowest BCUT2D eigenvalue weighted by Crippen LogP contribution is -2.49. The molecule has 0 bridgehead atoms. The Morgan fingerprint density at radius 1 is 0.846 bits per heavy atom. The summed E-state index contributed by atoms with van der Waals surface area (Å²) in [5.41, 5.74) is -1.63. The predicted molar refractivity (Wildman–Crippen MR) is 105 cm³/mol. The quantitative estimate of drug-likeness (QED) is 0.674. The van der Waals surface area contributed by atoms with Crippen molar-refractivity contribution < 1.29 is 19.1 Å². The molecule has 2 amide bonds. The average molecular weight is 373 g/mol. The molecule has 0 radical (unpaired) electrons. The van der Waals surface area contributed by atoms with Crippen LogP contribution < -0.4 is 10.6 Å². The number of hydrogen-bond acceptors (Lipinski definition) is 4. The molecule has 0 heterocycles. The van der Waals surface area contributed by atoms with E-state index in [1.54, 1.807) is 0 Å². The molecule has 0 atom stereocenters. The Bertz CT molecular complexity index is 471. The fourth-order valence-corrected chi connectivity index (χ4v) is 1.99. The fraction of sp³-hybridized carbons (Fsp3) is 0.900. The zero-order valence-electron chi connectivity index (χ0n) is 18.5. The number of carbonyl (C=O) groups excluding carboxylic acids is 2. The Labute approximate surface area is 159 Å². The lowest BCUT2D eigenvalue weighted by molar-refractivity contribution is -0.130. The van der Waals surface area contributed by atoms with Gasteiger partial charge in [0.15, 0.2) is 0 Å². The minimum Gasteiger partial charge on any atom is -0.444 e. The van der Waals surface area contributed by atoms with Gasteiger partial charge in [-0.05, 0) is 61.3 Å². The minimum atomic E-state index is -0.501. The van der Waals surface area contributed by atoms with E-state index in [-0.39, 0.29) is 17.0 Å². The number of hydrogen-bond donors (Lipinski definition) is 2. The maximum absolute atomic E-state index is 12.1. The molecule has 0 aliphatic carbocycles. The maximum Gasteiger partial charge on any atom is 0.407 e. The third kappa shape index (κ3) is 12.1. The Kier molecular flexibility index (Phi) is 8.61. The largest absolute Gasteiger partial charge is 0.444 e. The Morgan fingerprint density at radius 2 is 1.38 bits per heavy atom. The SMILES string of the molecule is CC(C)(CCOC(C)(C)CCNC(=O)OC(C)(C)C)NC(=O)C(C)(C)C. The number of nitrogens with one attached hydrogen (secondary N) is 2. The van der Waals surface area contributed by atoms with Crippen molar-refractivity contribution in [1.29, 1.82) is 0 Å². The summed E-state index contributed by atoms with van der Waals surface area (Å²) < 4.78 is 11.2. The summed E-state index contributed by atoms with van der Waals surface area (Å²) in [4.78, 5) is 23.8. The normalized spacial score (nSPS) is 13.3. The van der Waals surface area contributed by atoms with Crippen molar-refractivity contribution in [2.75, 3.05) is 13.2 Å². The standard InChI is InChI=1S/C20H40N2O4/c1-17(2,3)15(23)22-19(7,8)12-14-25-20(9,10)11-13-21-16(24)26-18(4,5)6/h11-14H2,1-10H3,(H,21,24)(H,22,23). The van der Waals surface area contributed by atoms with E-state index in [0.717, 1.165) is 0 Å². The van der Waals surface area contributed by atoms with Crippen LogP contribution in [0.5, 0.6) is 0 Å². The molecule has 6 heteroatoms. The van der Waals surface area contributed by atoms with Gasteiger partial charge >= 0.3 is 6.09 Å². The molecule has 0 spiro atoms. The second kappa shape index (κ2) is 9.07. The third-order valence-corrected chi connectivity index (χ3v) is 3.75.